The Balaban J connectivity index is 1.79. The molecule has 2 nitrogen and oxygen atoms in total. The Morgan fingerprint density at radius 3 is 2.45 bits per heavy atom. The molecule has 0 N–H and O–H groups in total. The summed E-state index contributed by atoms with van der Waals surface area (Å²) in [6.45, 7) is 7.02. The van der Waals surface area contributed by atoms with E-state index in [9.17, 15) is 0 Å². The second-order valence-electron chi connectivity index (χ2n) is 6.84. The molecule has 1 aliphatic carbocycles. The van der Waals surface area contributed by atoms with E-state index >= 15 is 0 Å². The van der Waals surface area contributed by atoms with E-state index in [1.54, 1.807) is 0 Å². The van der Waals surface area contributed by atoms with Crippen molar-refractivity contribution < 1.29 is 9.47 Å². The van der Waals surface area contributed by atoms with Crippen LogP contribution in [0, 0.1) is 0 Å². The summed E-state index contributed by atoms with van der Waals surface area (Å²) in [6, 6.07) is 0. The fourth-order valence-corrected chi connectivity index (χ4v) is 3.56. The van der Waals surface area contributed by atoms with Crippen molar-refractivity contribution >= 4 is 11.6 Å². The van der Waals surface area contributed by atoms with Crippen molar-refractivity contribution in [2.24, 2.45) is 0 Å². The molecule has 0 saturated carbocycles. The fourth-order valence-electron chi connectivity index (χ4n) is 3.18. The SMILES string of the molecule is CCCCCCCCC1=C(Cl)C2(CC1)OCC(C)(C)O2. The predicted octanol–water partition coefficient (Wildman–Crippen LogP) is 5.55. The summed E-state index contributed by atoms with van der Waals surface area (Å²) in [5.41, 5.74) is 1.15. The molecule has 1 heterocycles. The topological polar surface area (TPSA) is 18.5 Å². The van der Waals surface area contributed by atoms with Crippen LogP contribution in [0.5, 0.6) is 0 Å². The first-order valence-electron chi connectivity index (χ1n) is 8.21. The number of hydrogen-bond donors (Lipinski definition) is 0. The average Bonchev–Trinajstić information content (AvgIpc) is 2.87. The molecule has 0 aromatic rings. The van der Waals surface area contributed by atoms with Gasteiger partial charge in [-0.05, 0) is 38.7 Å². The largest absolute Gasteiger partial charge is 0.342 e. The van der Waals surface area contributed by atoms with Crippen molar-refractivity contribution in [1.29, 1.82) is 0 Å². The summed E-state index contributed by atoms with van der Waals surface area (Å²) in [6.07, 6.45) is 11.0. The van der Waals surface area contributed by atoms with Gasteiger partial charge >= 0.3 is 0 Å². The van der Waals surface area contributed by atoms with E-state index in [2.05, 4.69) is 20.8 Å². The third-order valence-electron chi connectivity index (χ3n) is 4.33. The van der Waals surface area contributed by atoms with Gasteiger partial charge in [0.2, 0.25) is 5.79 Å². The van der Waals surface area contributed by atoms with Gasteiger partial charge in [0.15, 0.2) is 0 Å². The monoisotopic (exact) mass is 300 g/mol. The van der Waals surface area contributed by atoms with Crippen LogP contribution >= 0.6 is 11.6 Å². The standard InChI is InChI=1S/C17H29ClO2/c1-4-5-6-7-8-9-10-14-11-12-17(15(14)18)19-13-16(2,3)20-17/h4-13H2,1-3H3. The van der Waals surface area contributed by atoms with Gasteiger partial charge in [-0.15, -0.1) is 0 Å². The number of rotatable bonds is 7. The van der Waals surface area contributed by atoms with Gasteiger partial charge in [-0.25, -0.2) is 0 Å². The molecule has 116 valence electrons. The van der Waals surface area contributed by atoms with Gasteiger partial charge in [0.05, 0.1) is 17.2 Å². The number of ether oxygens (including phenoxy) is 2. The van der Waals surface area contributed by atoms with Gasteiger partial charge in [0.25, 0.3) is 0 Å². The van der Waals surface area contributed by atoms with Crippen LogP contribution in [-0.4, -0.2) is 18.0 Å². The zero-order valence-electron chi connectivity index (χ0n) is 13.3. The zero-order chi connectivity index (χ0) is 14.6. The number of allylic oxidation sites excluding steroid dienone is 1. The molecular weight excluding hydrogens is 272 g/mol. The molecule has 0 amide bonds. The Morgan fingerprint density at radius 1 is 1.10 bits per heavy atom. The number of halogens is 1. The maximum Gasteiger partial charge on any atom is 0.206 e. The molecule has 0 aromatic heterocycles. The summed E-state index contributed by atoms with van der Waals surface area (Å²) in [5.74, 6) is -0.609. The van der Waals surface area contributed by atoms with Crippen molar-refractivity contribution in [3.63, 3.8) is 0 Å². The quantitative estimate of drug-likeness (QED) is 0.574. The zero-order valence-corrected chi connectivity index (χ0v) is 14.0. The maximum absolute atomic E-state index is 6.56. The molecule has 2 aliphatic rings. The lowest BCUT2D eigenvalue weighted by Crippen LogP contribution is -2.31. The van der Waals surface area contributed by atoms with Crippen LogP contribution in [0.3, 0.4) is 0 Å². The smallest absolute Gasteiger partial charge is 0.206 e. The third-order valence-corrected chi connectivity index (χ3v) is 4.88. The van der Waals surface area contributed by atoms with E-state index in [4.69, 9.17) is 21.1 Å². The maximum atomic E-state index is 6.56. The summed E-state index contributed by atoms with van der Waals surface area (Å²) >= 11 is 6.56. The first-order valence-corrected chi connectivity index (χ1v) is 8.59. The van der Waals surface area contributed by atoms with E-state index in [1.807, 2.05) is 0 Å². The molecule has 3 heteroatoms. The summed E-state index contributed by atoms with van der Waals surface area (Å²) in [5, 5.41) is 0.844. The van der Waals surface area contributed by atoms with Gasteiger partial charge in [-0.2, -0.15) is 0 Å². The molecular formula is C17H29ClO2. The molecule has 1 aliphatic heterocycles. The van der Waals surface area contributed by atoms with Crippen LogP contribution in [-0.2, 0) is 9.47 Å². The van der Waals surface area contributed by atoms with Crippen molar-refractivity contribution in [1.82, 2.24) is 0 Å². The summed E-state index contributed by atoms with van der Waals surface area (Å²) in [4.78, 5) is 0. The highest BCUT2D eigenvalue weighted by atomic mass is 35.5. The van der Waals surface area contributed by atoms with Crippen LogP contribution in [0.1, 0.15) is 78.6 Å². The minimum Gasteiger partial charge on any atom is -0.342 e. The Hall–Kier alpha value is -0.0500. The van der Waals surface area contributed by atoms with Crippen molar-refractivity contribution in [2.75, 3.05) is 6.61 Å². The Labute approximate surface area is 128 Å². The predicted molar refractivity (Wildman–Crippen MR) is 84.0 cm³/mol. The molecule has 2 rings (SSSR count). The molecule has 1 saturated heterocycles. The van der Waals surface area contributed by atoms with Crippen LogP contribution in [0.4, 0.5) is 0 Å². The highest BCUT2D eigenvalue weighted by Crippen LogP contribution is 2.49. The Morgan fingerprint density at radius 2 is 1.80 bits per heavy atom. The van der Waals surface area contributed by atoms with Crippen molar-refractivity contribution in [3.8, 4) is 0 Å². The third kappa shape index (κ3) is 3.78. The molecule has 0 radical (unpaired) electrons. The normalized spacial score (nSPS) is 28.8. The molecule has 1 atom stereocenters. The number of unbranched alkanes of at least 4 members (excludes halogenated alkanes) is 5. The highest BCUT2D eigenvalue weighted by molar-refractivity contribution is 6.31. The molecule has 20 heavy (non-hydrogen) atoms. The Bertz CT molecular complexity index is 362. The van der Waals surface area contributed by atoms with Gasteiger partial charge in [-0.1, -0.05) is 50.6 Å². The van der Waals surface area contributed by atoms with E-state index in [0.717, 1.165) is 24.3 Å². The lowest BCUT2D eigenvalue weighted by molar-refractivity contribution is -0.146. The van der Waals surface area contributed by atoms with Gasteiger partial charge < -0.3 is 9.47 Å². The van der Waals surface area contributed by atoms with Gasteiger partial charge in [0, 0.05) is 6.42 Å². The van der Waals surface area contributed by atoms with Crippen LogP contribution in [0.2, 0.25) is 0 Å². The van der Waals surface area contributed by atoms with Crippen molar-refractivity contribution in [3.05, 3.63) is 10.6 Å². The molecule has 0 aromatic carbocycles. The number of hydrogen-bond acceptors (Lipinski definition) is 2. The van der Waals surface area contributed by atoms with Crippen LogP contribution in [0.15, 0.2) is 10.6 Å². The molecule has 1 fully saturated rings. The highest BCUT2D eigenvalue weighted by Gasteiger charge is 2.51. The lowest BCUT2D eigenvalue weighted by atomic mass is 10.0. The van der Waals surface area contributed by atoms with E-state index in [0.29, 0.717) is 6.61 Å². The van der Waals surface area contributed by atoms with E-state index < -0.39 is 5.79 Å². The first-order chi connectivity index (χ1) is 9.49. The minimum atomic E-state index is -0.609. The second-order valence-corrected chi connectivity index (χ2v) is 7.22. The van der Waals surface area contributed by atoms with E-state index in [1.165, 1.54) is 44.1 Å². The average molecular weight is 301 g/mol. The summed E-state index contributed by atoms with van der Waals surface area (Å²) in [7, 11) is 0. The fraction of sp³-hybridized carbons (Fsp3) is 0.882. The van der Waals surface area contributed by atoms with Gasteiger partial charge in [0.1, 0.15) is 0 Å². The first kappa shape index (κ1) is 16.3. The van der Waals surface area contributed by atoms with Crippen LogP contribution in [0.25, 0.3) is 0 Å². The molecule has 1 spiro atoms. The van der Waals surface area contributed by atoms with Crippen LogP contribution < -0.4 is 0 Å². The second kappa shape index (κ2) is 6.81. The van der Waals surface area contributed by atoms with E-state index in [-0.39, 0.29) is 5.60 Å². The van der Waals surface area contributed by atoms with Crippen molar-refractivity contribution in [2.45, 2.75) is 89.9 Å². The molecule has 0 bridgehead atoms. The van der Waals surface area contributed by atoms with Gasteiger partial charge in [-0.3, -0.25) is 0 Å². The summed E-state index contributed by atoms with van der Waals surface area (Å²) < 4.78 is 12.0. The minimum absolute atomic E-state index is 0.213. The Kier molecular flexibility index (Phi) is 5.56. The lowest BCUT2D eigenvalue weighted by Gasteiger charge is -2.25. The molecule has 1 unspecified atom stereocenters.